The highest BCUT2D eigenvalue weighted by atomic mass is 32.1. The molecule has 0 fully saturated rings. The number of benzene rings is 1. The summed E-state index contributed by atoms with van der Waals surface area (Å²) in [5, 5.41) is 20.9. The van der Waals surface area contributed by atoms with Crippen molar-refractivity contribution >= 4 is 51.6 Å². The van der Waals surface area contributed by atoms with Crippen molar-refractivity contribution in [2.75, 3.05) is 0 Å². The van der Waals surface area contributed by atoms with Crippen LogP contribution in [0.15, 0.2) is 41.3 Å². The van der Waals surface area contributed by atoms with Crippen molar-refractivity contribution in [3.05, 3.63) is 51.7 Å². The molecule has 23 heavy (non-hydrogen) atoms. The first-order chi connectivity index (χ1) is 11.1. The summed E-state index contributed by atoms with van der Waals surface area (Å²) >= 11 is 2.41. The van der Waals surface area contributed by atoms with Gasteiger partial charge in [0.15, 0.2) is 0 Å². The fraction of sp³-hybridized carbons (Fsp3) is 0.0667. The van der Waals surface area contributed by atoms with E-state index in [4.69, 9.17) is 0 Å². The smallest absolute Gasteiger partial charge is 0.336 e. The van der Waals surface area contributed by atoms with Crippen molar-refractivity contribution in [2.24, 2.45) is 0 Å². The highest BCUT2D eigenvalue weighted by Gasteiger charge is 2.23. The van der Waals surface area contributed by atoms with Crippen LogP contribution in [0, 0.1) is 0 Å². The maximum absolute atomic E-state index is 11.7. The van der Waals surface area contributed by atoms with Crippen LogP contribution < -0.4 is 0 Å². The molecule has 0 aliphatic carbocycles. The van der Waals surface area contributed by atoms with Crippen LogP contribution in [0.2, 0.25) is 0 Å². The number of carboxylic acid groups (broad SMARTS) is 2. The van der Waals surface area contributed by atoms with Crippen LogP contribution in [0.3, 0.4) is 0 Å². The fourth-order valence-electron chi connectivity index (χ4n) is 2.22. The lowest BCUT2D eigenvalue weighted by Crippen LogP contribution is -2.12. The van der Waals surface area contributed by atoms with E-state index in [0.717, 1.165) is 16.6 Å². The average Bonchev–Trinajstić information content (AvgIpc) is 3.16. The van der Waals surface area contributed by atoms with Crippen LogP contribution in [-0.2, 0) is 16.0 Å². The van der Waals surface area contributed by atoms with Gasteiger partial charge in [-0.25, -0.2) is 9.59 Å². The van der Waals surface area contributed by atoms with Crippen LogP contribution in [0.4, 0.5) is 0 Å². The van der Waals surface area contributed by atoms with Gasteiger partial charge >= 0.3 is 11.9 Å². The number of hydrogen-bond acceptors (Lipinski definition) is 6. The zero-order valence-electron chi connectivity index (χ0n) is 11.6. The van der Waals surface area contributed by atoms with Crippen LogP contribution in [0.25, 0.3) is 16.6 Å². The van der Waals surface area contributed by atoms with E-state index in [1.165, 1.54) is 11.3 Å². The topological polar surface area (TPSA) is 100 Å². The third kappa shape index (κ3) is 3.13. The Morgan fingerprint density at radius 1 is 1.04 bits per heavy atom. The van der Waals surface area contributed by atoms with Crippen LogP contribution in [-0.4, -0.2) is 30.9 Å². The number of fused-ring (bicyclic) bond motifs is 1. The number of aromatic nitrogens is 2. The molecule has 8 heteroatoms. The van der Waals surface area contributed by atoms with Gasteiger partial charge in [-0.2, -0.15) is 8.75 Å². The standard InChI is InChI=1S/C15H10N2O4S2/c18-14(19)10(7-9-2-1-5-22-9)13(15(20)21)8-3-4-11-12(6-8)17-23-16-11/h1-6H,7H2,(H,18,19)(H,20,21)/b13-10-. The van der Waals surface area contributed by atoms with Gasteiger partial charge in [-0.1, -0.05) is 12.1 Å². The van der Waals surface area contributed by atoms with E-state index >= 15 is 0 Å². The highest BCUT2D eigenvalue weighted by molar-refractivity contribution is 7.09. The van der Waals surface area contributed by atoms with Crippen molar-refractivity contribution in [1.82, 2.24) is 8.75 Å². The maximum atomic E-state index is 11.7. The van der Waals surface area contributed by atoms with Gasteiger partial charge in [0.2, 0.25) is 0 Å². The molecule has 116 valence electrons. The van der Waals surface area contributed by atoms with Gasteiger partial charge < -0.3 is 10.2 Å². The predicted octanol–water partition coefficient (Wildman–Crippen LogP) is 2.92. The van der Waals surface area contributed by atoms with Gasteiger partial charge in [-0.05, 0) is 29.1 Å². The molecule has 3 rings (SSSR count). The second-order valence-electron chi connectivity index (χ2n) is 4.69. The lowest BCUT2D eigenvalue weighted by molar-refractivity contribution is -0.134. The second kappa shape index (κ2) is 6.27. The normalized spacial score (nSPS) is 12.2. The van der Waals surface area contributed by atoms with E-state index in [0.29, 0.717) is 16.6 Å². The Morgan fingerprint density at radius 2 is 1.83 bits per heavy atom. The summed E-state index contributed by atoms with van der Waals surface area (Å²) in [7, 11) is 0. The van der Waals surface area contributed by atoms with Crippen molar-refractivity contribution in [2.45, 2.75) is 6.42 Å². The van der Waals surface area contributed by atoms with Gasteiger partial charge in [-0.15, -0.1) is 11.3 Å². The van der Waals surface area contributed by atoms with Crippen LogP contribution in [0.1, 0.15) is 10.4 Å². The minimum absolute atomic E-state index is 0.0575. The predicted molar refractivity (Wildman–Crippen MR) is 87.6 cm³/mol. The minimum atomic E-state index is -1.28. The minimum Gasteiger partial charge on any atom is -0.478 e. The van der Waals surface area contributed by atoms with Gasteiger partial charge in [0.1, 0.15) is 11.0 Å². The second-order valence-corrected chi connectivity index (χ2v) is 6.25. The summed E-state index contributed by atoms with van der Waals surface area (Å²) in [5.41, 5.74) is 1.14. The summed E-state index contributed by atoms with van der Waals surface area (Å²) in [6.45, 7) is 0. The molecule has 2 N–H and O–H groups in total. The molecule has 2 aromatic heterocycles. The molecule has 0 saturated heterocycles. The van der Waals surface area contributed by atoms with Crippen molar-refractivity contribution in [1.29, 1.82) is 0 Å². The van der Waals surface area contributed by atoms with E-state index in [9.17, 15) is 19.8 Å². The Morgan fingerprint density at radius 3 is 2.48 bits per heavy atom. The molecule has 2 heterocycles. The number of carboxylic acids is 2. The number of rotatable bonds is 5. The molecule has 6 nitrogen and oxygen atoms in total. The first-order valence-corrected chi connectivity index (χ1v) is 8.12. The first kappa shape index (κ1) is 15.3. The van der Waals surface area contributed by atoms with E-state index in [-0.39, 0.29) is 17.6 Å². The van der Waals surface area contributed by atoms with Gasteiger partial charge in [0.05, 0.1) is 22.9 Å². The molecule has 0 aliphatic rings. The maximum Gasteiger partial charge on any atom is 0.336 e. The molecule has 0 unspecified atom stereocenters. The van der Waals surface area contributed by atoms with Gasteiger partial charge in [-0.3, -0.25) is 0 Å². The zero-order chi connectivity index (χ0) is 16.4. The van der Waals surface area contributed by atoms with Crippen molar-refractivity contribution < 1.29 is 19.8 Å². The molecule has 0 amide bonds. The van der Waals surface area contributed by atoms with Gasteiger partial charge in [0, 0.05) is 11.3 Å². The summed E-state index contributed by atoms with van der Waals surface area (Å²) < 4.78 is 8.13. The SMILES string of the molecule is O=C(O)/C(Cc1cccs1)=C(\C(=O)O)c1ccc2nsnc2c1. The lowest BCUT2D eigenvalue weighted by atomic mass is 9.97. The Balaban J connectivity index is 2.16. The van der Waals surface area contributed by atoms with Crippen molar-refractivity contribution in [3.8, 4) is 0 Å². The molecule has 0 saturated carbocycles. The van der Waals surface area contributed by atoms with E-state index in [1.807, 2.05) is 5.38 Å². The van der Waals surface area contributed by atoms with Crippen LogP contribution >= 0.6 is 23.1 Å². The number of hydrogen-bond donors (Lipinski definition) is 2. The van der Waals surface area contributed by atoms with Crippen LogP contribution in [0.5, 0.6) is 0 Å². The van der Waals surface area contributed by atoms with Crippen molar-refractivity contribution in [3.63, 3.8) is 0 Å². The summed E-state index contributed by atoms with van der Waals surface area (Å²) in [4.78, 5) is 24.1. The molecule has 0 spiro atoms. The molecule has 0 aliphatic heterocycles. The zero-order valence-corrected chi connectivity index (χ0v) is 13.2. The summed E-state index contributed by atoms with van der Waals surface area (Å²) in [6.07, 6.45) is 0.0575. The summed E-state index contributed by atoms with van der Waals surface area (Å²) in [6, 6.07) is 8.33. The monoisotopic (exact) mass is 346 g/mol. The lowest BCUT2D eigenvalue weighted by Gasteiger charge is -2.08. The summed E-state index contributed by atoms with van der Waals surface area (Å²) in [5.74, 6) is -2.52. The largest absolute Gasteiger partial charge is 0.478 e. The van der Waals surface area contributed by atoms with E-state index in [1.54, 1.807) is 30.3 Å². The fourth-order valence-corrected chi connectivity index (χ4v) is 3.46. The Bertz CT molecular complexity index is 913. The molecule has 0 bridgehead atoms. The molecular weight excluding hydrogens is 336 g/mol. The Kier molecular flexibility index (Phi) is 4.18. The Hall–Kier alpha value is -2.58. The number of carbonyl (C=O) groups is 2. The number of nitrogens with zero attached hydrogens (tertiary/aromatic N) is 2. The molecule has 1 aromatic carbocycles. The Labute approximate surface area is 138 Å². The average molecular weight is 346 g/mol. The van der Waals surface area contributed by atoms with E-state index < -0.39 is 11.9 Å². The first-order valence-electron chi connectivity index (χ1n) is 6.51. The third-order valence-corrected chi connectivity index (χ3v) is 4.68. The number of aliphatic carboxylic acids is 2. The number of thiophene rings is 1. The molecular formula is C15H10N2O4S2. The quantitative estimate of drug-likeness (QED) is 0.689. The molecule has 0 radical (unpaired) electrons. The molecule has 3 aromatic rings. The highest BCUT2D eigenvalue weighted by Crippen LogP contribution is 2.26. The molecule has 0 atom stereocenters. The third-order valence-electron chi connectivity index (χ3n) is 3.25. The van der Waals surface area contributed by atoms with E-state index in [2.05, 4.69) is 8.75 Å². The van der Waals surface area contributed by atoms with Gasteiger partial charge in [0.25, 0.3) is 0 Å².